The number of carbonyl (C=O) groups excluding carboxylic acids is 2. The van der Waals surface area contributed by atoms with Gasteiger partial charge in [-0.3, -0.25) is 9.59 Å². The minimum absolute atomic E-state index is 0.0323. The van der Waals surface area contributed by atoms with Gasteiger partial charge in [0.15, 0.2) is 0 Å². The van der Waals surface area contributed by atoms with Crippen molar-refractivity contribution in [1.29, 1.82) is 0 Å². The van der Waals surface area contributed by atoms with Gasteiger partial charge in [0, 0.05) is 16.5 Å². The number of hydrogen-bond acceptors (Lipinski definition) is 4. The molecule has 152 valence electrons. The normalized spacial score (nSPS) is 14.1. The Hall–Kier alpha value is -2.51. The van der Waals surface area contributed by atoms with Crippen molar-refractivity contribution in [3.63, 3.8) is 0 Å². The van der Waals surface area contributed by atoms with Crippen LogP contribution in [-0.2, 0) is 9.59 Å². The van der Waals surface area contributed by atoms with E-state index in [0.717, 1.165) is 17.7 Å². The van der Waals surface area contributed by atoms with Crippen LogP contribution in [0.15, 0.2) is 47.4 Å². The minimum atomic E-state index is -1.09. The van der Waals surface area contributed by atoms with E-state index in [1.54, 1.807) is 0 Å². The molecule has 1 atom stereocenters. The summed E-state index contributed by atoms with van der Waals surface area (Å²) >= 11 is 7.47. The van der Waals surface area contributed by atoms with Gasteiger partial charge in [0.05, 0.1) is 21.5 Å². The number of carboxylic acid groups (broad SMARTS) is 1. The summed E-state index contributed by atoms with van der Waals surface area (Å²) in [5.41, 5.74) is 1.02. The van der Waals surface area contributed by atoms with Gasteiger partial charge in [0.1, 0.15) is 0 Å². The van der Waals surface area contributed by atoms with Crippen LogP contribution in [0.4, 0.5) is 11.4 Å². The summed E-state index contributed by atoms with van der Waals surface area (Å²) < 4.78 is 0. The molecule has 0 heterocycles. The van der Waals surface area contributed by atoms with Crippen molar-refractivity contribution in [2.45, 2.75) is 36.3 Å². The average Bonchev–Trinajstić information content (AvgIpc) is 3.53. The molecule has 3 N–H and O–H groups in total. The highest BCUT2D eigenvalue weighted by molar-refractivity contribution is 8.00. The van der Waals surface area contributed by atoms with Crippen LogP contribution in [-0.4, -0.2) is 28.1 Å². The molecule has 1 saturated carbocycles. The third-order valence-corrected chi connectivity index (χ3v) is 6.15. The predicted molar refractivity (Wildman–Crippen MR) is 115 cm³/mol. The fraction of sp³-hybridized carbons (Fsp3) is 0.286. The zero-order chi connectivity index (χ0) is 21.0. The molecule has 8 heteroatoms. The van der Waals surface area contributed by atoms with E-state index in [1.807, 2.05) is 31.2 Å². The number of amides is 2. The van der Waals surface area contributed by atoms with Crippen molar-refractivity contribution in [2.75, 3.05) is 10.6 Å². The van der Waals surface area contributed by atoms with Crippen molar-refractivity contribution < 1.29 is 19.5 Å². The lowest BCUT2D eigenvalue weighted by atomic mass is 10.2. The van der Waals surface area contributed by atoms with Crippen LogP contribution in [0.25, 0.3) is 0 Å². The summed E-state index contributed by atoms with van der Waals surface area (Å²) in [6.45, 7) is 1.89. The Morgan fingerprint density at radius 3 is 2.59 bits per heavy atom. The van der Waals surface area contributed by atoms with E-state index in [4.69, 9.17) is 16.7 Å². The summed E-state index contributed by atoms with van der Waals surface area (Å²) in [5.74, 6) is -1.21. The molecule has 2 aromatic carbocycles. The highest BCUT2D eigenvalue weighted by atomic mass is 35.5. The number of anilines is 2. The monoisotopic (exact) mass is 432 g/mol. The minimum Gasteiger partial charge on any atom is -0.478 e. The molecule has 1 unspecified atom stereocenters. The number of halogens is 1. The van der Waals surface area contributed by atoms with E-state index in [1.165, 1.54) is 30.0 Å². The number of hydrogen-bond donors (Lipinski definition) is 3. The van der Waals surface area contributed by atoms with Crippen molar-refractivity contribution in [1.82, 2.24) is 0 Å². The number of aromatic carboxylic acids is 1. The molecule has 0 spiro atoms. The maximum Gasteiger partial charge on any atom is 0.335 e. The first kappa shape index (κ1) is 21.2. The molecule has 1 fully saturated rings. The molecule has 2 amide bonds. The molecular formula is C21H21ClN2O4S. The quantitative estimate of drug-likeness (QED) is 0.516. The molecule has 0 aromatic heterocycles. The Labute approximate surface area is 178 Å². The second-order valence-corrected chi connectivity index (χ2v) is 8.48. The lowest BCUT2D eigenvalue weighted by Gasteiger charge is -2.16. The molecule has 1 aliphatic carbocycles. The fourth-order valence-corrected chi connectivity index (χ4v) is 3.87. The molecule has 0 bridgehead atoms. The van der Waals surface area contributed by atoms with E-state index >= 15 is 0 Å². The molecule has 29 heavy (non-hydrogen) atoms. The van der Waals surface area contributed by atoms with Crippen molar-refractivity contribution in [2.24, 2.45) is 5.92 Å². The molecular weight excluding hydrogens is 412 g/mol. The van der Waals surface area contributed by atoms with E-state index in [2.05, 4.69) is 10.6 Å². The molecule has 0 saturated heterocycles. The Morgan fingerprint density at radius 1 is 1.17 bits per heavy atom. The molecule has 0 aliphatic heterocycles. The summed E-state index contributed by atoms with van der Waals surface area (Å²) in [4.78, 5) is 36.7. The lowest BCUT2D eigenvalue weighted by Crippen LogP contribution is -2.24. The average molecular weight is 433 g/mol. The van der Waals surface area contributed by atoms with Gasteiger partial charge in [-0.15, -0.1) is 11.8 Å². The number of nitrogens with one attached hydrogen (secondary N) is 2. The Kier molecular flexibility index (Phi) is 6.82. The van der Waals surface area contributed by atoms with E-state index in [9.17, 15) is 14.4 Å². The smallest absolute Gasteiger partial charge is 0.335 e. The first-order valence-electron chi connectivity index (χ1n) is 9.28. The van der Waals surface area contributed by atoms with Crippen molar-refractivity contribution in [3.05, 3.63) is 53.1 Å². The highest BCUT2D eigenvalue weighted by Gasteiger charge is 2.29. The van der Waals surface area contributed by atoms with Gasteiger partial charge < -0.3 is 15.7 Å². The third-order valence-electron chi connectivity index (χ3n) is 4.46. The number of thioether (sulfide) groups is 1. The third kappa shape index (κ3) is 5.74. The Bertz CT molecular complexity index is 946. The van der Waals surface area contributed by atoms with Crippen LogP contribution in [0.5, 0.6) is 0 Å². The molecule has 0 radical (unpaired) electrons. The summed E-state index contributed by atoms with van der Waals surface area (Å²) in [6.07, 6.45) is 2.43. The van der Waals surface area contributed by atoms with Crippen LogP contribution < -0.4 is 10.6 Å². The number of carboxylic acids is 1. The van der Waals surface area contributed by atoms with Crippen LogP contribution in [0.3, 0.4) is 0 Å². The van der Waals surface area contributed by atoms with Crippen LogP contribution in [0.2, 0.25) is 5.02 Å². The highest BCUT2D eigenvalue weighted by Crippen LogP contribution is 2.32. The molecule has 6 nitrogen and oxygen atoms in total. The first-order valence-corrected chi connectivity index (χ1v) is 10.5. The number of rotatable bonds is 8. The summed E-state index contributed by atoms with van der Waals surface area (Å²) in [5, 5.41) is 14.6. The lowest BCUT2D eigenvalue weighted by molar-refractivity contribution is -0.117. The van der Waals surface area contributed by atoms with Crippen molar-refractivity contribution in [3.8, 4) is 0 Å². The largest absolute Gasteiger partial charge is 0.478 e. The Balaban J connectivity index is 1.68. The van der Waals surface area contributed by atoms with Crippen LogP contribution in [0.1, 0.15) is 36.5 Å². The second-order valence-electron chi connectivity index (χ2n) is 6.80. The second kappa shape index (κ2) is 9.33. The maximum absolute atomic E-state index is 12.7. The van der Waals surface area contributed by atoms with E-state index in [0.29, 0.717) is 12.1 Å². The van der Waals surface area contributed by atoms with E-state index in [-0.39, 0.29) is 34.0 Å². The summed E-state index contributed by atoms with van der Waals surface area (Å²) in [6, 6.07) is 11.6. The SMILES string of the molecule is CCC(Sc1cccc(NC(=O)C2CC2)c1)C(=O)Nc1cc(C(=O)O)ccc1Cl. The standard InChI is InChI=1S/C21H21ClN2O4S/c1-2-18(20(26)24-17-10-13(21(27)28)8-9-16(17)22)29-15-5-3-4-14(11-15)23-19(25)12-6-7-12/h3-5,8-12,18H,2,6-7H2,1H3,(H,23,25)(H,24,26)(H,27,28). The zero-order valence-electron chi connectivity index (χ0n) is 15.8. The maximum atomic E-state index is 12.7. The number of carbonyl (C=O) groups is 3. The first-order chi connectivity index (χ1) is 13.9. The van der Waals surface area contributed by atoms with E-state index < -0.39 is 11.2 Å². The molecule has 3 rings (SSSR count). The van der Waals surface area contributed by atoms with Gasteiger partial charge in [-0.2, -0.15) is 0 Å². The molecule has 2 aromatic rings. The van der Waals surface area contributed by atoms with Crippen LogP contribution >= 0.6 is 23.4 Å². The van der Waals surface area contributed by atoms with Gasteiger partial charge in [-0.25, -0.2) is 4.79 Å². The fourth-order valence-electron chi connectivity index (χ4n) is 2.69. The van der Waals surface area contributed by atoms with Crippen molar-refractivity contribution >= 4 is 52.5 Å². The van der Waals surface area contributed by atoms with Gasteiger partial charge in [0.2, 0.25) is 11.8 Å². The Morgan fingerprint density at radius 2 is 1.93 bits per heavy atom. The predicted octanol–water partition coefficient (Wildman–Crippen LogP) is 4.90. The molecule has 1 aliphatic rings. The van der Waals surface area contributed by atoms with Gasteiger partial charge in [-0.1, -0.05) is 24.6 Å². The zero-order valence-corrected chi connectivity index (χ0v) is 17.3. The van der Waals surface area contributed by atoms with Gasteiger partial charge in [0.25, 0.3) is 0 Å². The van der Waals surface area contributed by atoms with Gasteiger partial charge >= 0.3 is 5.97 Å². The van der Waals surface area contributed by atoms with Crippen LogP contribution in [0, 0.1) is 5.92 Å². The van der Waals surface area contributed by atoms with Gasteiger partial charge in [-0.05, 0) is 55.7 Å². The topological polar surface area (TPSA) is 95.5 Å². The number of benzene rings is 2. The summed E-state index contributed by atoms with van der Waals surface area (Å²) in [7, 11) is 0.